The topological polar surface area (TPSA) is 60.7 Å². The number of rotatable bonds is 0. The minimum atomic E-state index is -0.428. The van der Waals surface area contributed by atoms with Gasteiger partial charge >= 0.3 is 0 Å². The third kappa shape index (κ3) is 2.14. The van der Waals surface area contributed by atoms with Crippen molar-refractivity contribution in [3.05, 3.63) is 11.6 Å². The molecule has 0 aromatic carbocycles. The minimum Gasteiger partial charge on any atom is -0.393 e. The van der Waals surface area contributed by atoms with Gasteiger partial charge in [0.15, 0.2) is 0 Å². The molecule has 4 rings (SSSR count). The maximum absolute atomic E-state index is 10.9. The van der Waals surface area contributed by atoms with E-state index in [1.165, 1.54) is 5.57 Å². The number of aliphatic hydroxyl groups excluding tert-OH is 3. The summed E-state index contributed by atoms with van der Waals surface area (Å²) >= 11 is 1.98. The van der Waals surface area contributed by atoms with Crippen molar-refractivity contribution >= 4 is 11.8 Å². The van der Waals surface area contributed by atoms with E-state index in [1.54, 1.807) is 0 Å². The van der Waals surface area contributed by atoms with Crippen LogP contribution in [0.4, 0.5) is 0 Å². The lowest BCUT2D eigenvalue weighted by Gasteiger charge is -2.58. The van der Waals surface area contributed by atoms with Crippen LogP contribution in [0.15, 0.2) is 11.6 Å². The Labute approximate surface area is 143 Å². The molecule has 130 valence electrons. The summed E-state index contributed by atoms with van der Waals surface area (Å²) in [6.07, 6.45) is 4.77. The molecule has 0 amide bonds. The number of fused-ring (bicyclic) bond motifs is 5. The summed E-state index contributed by atoms with van der Waals surface area (Å²) in [6.45, 7) is 6.73. The van der Waals surface area contributed by atoms with E-state index in [0.29, 0.717) is 17.1 Å². The van der Waals surface area contributed by atoms with Gasteiger partial charge in [0, 0.05) is 27.8 Å². The van der Waals surface area contributed by atoms with E-state index in [0.717, 1.165) is 31.4 Å². The Balaban J connectivity index is 1.73. The molecule has 0 spiro atoms. The van der Waals surface area contributed by atoms with E-state index >= 15 is 0 Å². The van der Waals surface area contributed by atoms with E-state index in [1.807, 2.05) is 11.8 Å². The van der Waals surface area contributed by atoms with Crippen molar-refractivity contribution in [2.45, 2.75) is 70.0 Å². The van der Waals surface area contributed by atoms with Crippen molar-refractivity contribution in [2.75, 3.05) is 5.75 Å². The van der Waals surface area contributed by atoms with Gasteiger partial charge in [-0.05, 0) is 37.5 Å². The number of hydrogen-bond donors (Lipinski definition) is 3. The molecule has 2 saturated carbocycles. The molecule has 0 aromatic heterocycles. The first kappa shape index (κ1) is 16.4. The lowest BCUT2D eigenvalue weighted by atomic mass is 9.57. The normalized spacial score (nSPS) is 58.9. The third-order valence-corrected chi connectivity index (χ3v) is 9.64. The van der Waals surface area contributed by atoms with Gasteiger partial charge in [0.1, 0.15) is 0 Å². The average Bonchev–Trinajstić information content (AvgIpc) is 2.73. The van der Waals surface area contributed by atoms with Gasteiger partial charge in [-0.15, -0.1) is 0 Å². The summed E-state index contributed by atoms with van der Waals surface area (Å²) in [5, 5.41) is 32.1. The Morgan fingerprint density at radius 3 is 2.70 bits per heavy atom. The second kappa shape index (κ2) is 5.23. The van der Waals surface area contributed by atoms with Crippen molar-refractivity contribution in [3.8, 4) is 0 Å². The second-order valence-electron chi connectivity index (χ2n) is 9.08. The van der Waals surface area contributed by atoms with Crippen LogP contribution in [-0.4, -0.2) is 44.6 Å². The van der Waals surface area contributed by atoms with Crippen LogP contribution in [0.5, 0.6) is 0 Å². The first-order valence-electron chi connectivity index (χ1n) is 9.14. The smallest absolute Gasteiger partial charge is 0.0765 e. The molecule has 1 aliphatic heterocycles. The summed E-state index contributed by atoms with van der Waals surface area (Å²) in [5.41, 5.74) is 1.31. The standard InChI is InChI=1S/C19H30O3S/c1-10-6-13-15-14(21)8-11-7-12(20)4-5-18(11,2)17(15)23-9-19(13,3)16(10)22/h8,10,12-17,20-22H,4-7,9H2,1-3H3/t10-,12+,13?,14+,15?,16+,17?,18+,19+/m1/s1. The van der Waals surface area contributed by atoms with Gasteiger partial charge in [0.05, 0.1) is 18.3 Å². The lowest BCUT2D eigenvalue weighted by Crippen LogP contribution is -2.57. The van der Waals surface area contributed by atoms with Gasteiger partial charge in [0.25, 0.3) is 0 Å². The summed E-state index contributed by atoms with van der Waals surface area (Å²) < 4.78 is 0. The molecule has 0 radical (unpaired) electrons. The van der Waals surface area contributed by atoms with E-state index in [4.69, 9.17) is 0 Å². The summed E-state index contributed by atoms with van der Waals surface area (Å²) in [6, 6.07) is 0. The SMILES string of the molecule is C[C@@H]1CC2C3C(SC[C@]2(C)[C@H]1O)[C@@]1(C)CC[C@H](O)CC1=C[C@@H]3O. The van der Waals surface area contributed by atoms with Crippen LogP contribution >= 0.6 is 11.8 Å². The van der Waals surface area contributed by atoms with Crippen LogP contribution in [0.1, 0.15) is 46.5 Å². The zero-order valence-electron chi connectivity index (χ0n) is 14.4. The molecular formula is C19H30O3S. The lowest BCUT2D eigenvalue weighted by molar-refractivity contribution is -0.0244. The molecule has 4 aliphatic rings. The quantitative estimate of drug-likeness (QED) is 0.594. The van der Waals surface area contributed by atoms with Gasteiger partial charge in [-0.1, -0.05) is 32.4 Å². The molecule has 3 nitrogen and oxygen atoms in total. The molecule has 23 heavy (non-hydrogen) atoms. The Bertz CT molecular complexity index is 535. The van der Waals surface area contributed by atoms with Crippen molar-refractivity contribution in [2.24, 2.45) is 28.6 Å². The monoisotopic (exact) mass is 338 g/mol. The Morgan fingerprint density at radius 1 is 1.22 bits per heavy atom. The summed E-state index contributed by atoms with van der Waals surface area (Å²) in [5.74, 6) is 1.95. The van der Waals surface area contributed by atoms with Crippen LogP contribution in [-0.2, 0) is 0 Å². The van der Waals surface area contributed by atoms with Crippen LogP contribution in [0, 0.1) is 28.6 Å². The van der Waals surface area contributed by atoms with Crippen LogP contribution in [0.3, 0.4) is 0 Å². The van der Waals surface area contributed by atoms with Gasteiger partial charge in [-0.3, -0.25) is 0 Å². The highest BCUT2D eigenvalue weighted by atomic mass is 32.2. The predicted octanol–water partition coefficient (Wildman–Crippen LogP) is 2.59. The fourth-order valence-electron chi connectivity index (χ4n) is 6.19. The second-order valence-corrected chi connectivity index (χ2v) is 10.2. The molecule has 3 fully saturated rings. The highest BCUT2D eigenvalue weighted by molar-refractivity contribution is 8.00. The van der Waals surface area contributed by atoms with E-state index in [-0.39, 0.29) is 29.0 Å². The number of hydrogen-bond acceptors (Lipinski definition) is 4. The Hall–Kier alpha value is -0.0300. The molecule has 0 aromatic rings. The molecule has 4 heteroatoms. The van der Waals surface area contributed by atoms with E-state index < -0.39 is 6.10 Å². The molecule has 0 bridgehead atoms. The average molecular weight is 339 g/mol. The van der Waals surface area contributed by atoms with Crippen LogP contribution in [0.25, 0.3) is 0 Å². The molecular weight excluding hydrogens is 308 g/mol. The van der Waals surface area contributed by atoms with E-state index in [2.05, 4.69) is 26.8 Å². The first-order chi connectivity index (χ1) is 10.8. The molecule has 1 heterocycles. The highest BCUT2D eigenvalue weighted by Crippen LogP contribution is 2.64. The van der Waals surface area contributed by atoms with Gasteiger partial charge in [0.2, 0.25) is 0 Å². The minimum absolute atomic E-state index is 0.0673. The first-order valence-corrected chi connectivity index (χ1v) is 10.2. The Morgan fingerprint density at radius 2 is 1.96 bits per heavy atom. The maximum Gasteiger partial charge on any atom is 0.0765 e. The van der Waals surface area contributed by atoms with Crippen molar-refractivity contribution < 1.29 is 15.3 Å². The molecule has 9 atom stereocenters. The molecule has 3 unspecified atom stereocenters. The number of aliphatic hydroxyl groups is 3. The third-order valence-electron chi connectivity index (χ3n) is 7.66. The highest BCUT2D eigenvalue weighted by Gasteiger charge is 2.62. The molecule has 1 saturated heterocycles. The zero-order chi connectivity index (χ0) is 16.6. The zero-order valence-corrected chi connectivity index (χ0v) is 15.2. The Kier molecular flexibility index (Phi) is 3.74. The van der Waals surface area contributed by atoms with E-state index in [9.17, 15) is 15.3 Å². The van der Waals surface area contributed by atoms with Crippen LogP contribution < -0.4 is 0 Å². The van der Waals surface area contributed by atoms with Gasteiger partial charge < -0.3 is 15.3 Å². The predicted molar refractivity (Wildman–Crippen MR) is 93.2 cm³/mol. The van der Waals surface area contributed by atoms with Crippen molar-refractivity contribution in [1.29, 1.82) is 0 Å². The van der Waals surface area contributed by atoms with Crippen molar-refractivity contribution in [3.63, 3.8) is 0 Å². The largest absolute Gasteiger partial charge is 0.393 e. The maximum atomic E-state index is 10.9. The van der Waals surface area contributed by atoms with Crippen molar-refractivity contribution in [1.82, 2.24) is 0 Å². The van der Waals surface area contributed by atoms with Gasteiger partial charge in [-0.2, -0.15) is 11.8 Å². The van der Waals surface area contributed by atoms with Crippen LogP contribution in [0.2, 0.25) is 0 Å². The number of thioether (sulfide) groups is 1. The summed E-state index contributed by atoms with van der Waals surface area (Å²) in [4.78, 5) is 0. The fourth-order valence-corrected chi connectivity index (χ4v) is 8.32. The van der Waals surface area contributed by atoms with Gasteiger partial charge in [-0.25, -0.2) is 0 Å². The molecule has 3 aliphatic carbocycles. The summed E-state index contributed by atoms with van der Waals surface area (Å²) in [7, 11) is 0. The fraction of sp³-hybridized carbons (Fsp3) is 0.895. The molecule has 3 N–H and O–H groups in total.